The lowest BCUT2D eigenvalue weighted by Crippen LogP contribution is -2.49. The Morgan fingerprint density at radius 2 is 1.94 bits per heavy atom. The van der Waals surface area contributed by atoms with Crippen LogP contribution >= 0.6 is 0 Å². The Bertz CT molecular complexity index is 312. The molecule has 2 unspecified atom stereocenters. The Morgan fingerprint density at radius 3 is 2.31 bits per heavy atom. The van der Waals surface area contributed by atoms with Gasteiger partial charge in [-0.25, -0.2) is 13.1 Å². The fourth-order valence-corrected chi connectivity index (χ4v) is 2.72. The van der Waals surface area contributed by atoms with Crippen LogP contribution in [0, 0.1) is 0 Å². The maximum Gasteiger partial charge on any atom is 0.237 e. The Hall–Kier alpha value is -0.660. The first-order valence-electron chi connectivity index (χ1n) is 5.37. The summed E-state index contributed by atoms with van der Waals surface area (Å²) < 4.78 is 25.8. The van der Waals surface area contributed by atoms with Crippen molar-refractivity contribution in [1.29, 1.82) is 0 Å². The van der Waals surface area contributed by atoms with Crippen molar-refractivity contribution in [3.63, 3.8) is 0 Å². The third kappa shape index (κ3) is 4.46. The van der Waals surface area contributed by atoms with Gasteiger partial charge in [0.1, 0.15) is 0 Å². The number of hydrogen-bond acceptors (Lipinski definition) is 4. The van der Waals surface area contributed by atoms with Crippen LogP contribution < -0.4 is 15.8 Å². The van der Waals surface area contributed by atoms with E-state index in [-0.39, 0.29) is 12.5 Å². The summed E-state index contributed by atoms with van der Waals surface area (Å²) in [5.74, 6) is -0.335. The second kappa shape index (κ2) is 6.82. The molecule has 0 saturated carbocycles. The third-order valence-electron chi connectivity index (χ3n) is 2.24. The minimum absolute atomic E-state index is 0.0496. The quantitative estimate of drug-likeness (QED) is 0.549. The molecule has 7 heteroatoms. The number of sulfonamides is 1. The molecule has 1 amide bonds. The Morgan fingerprint density at radius 1 is 1.38 bits per heavy atom. The van der Waals surface area contributed by atoms with Crippen LogP contribution in [0.5, 0.6) is 0 Å². The Balaban J connectivity index is 4.52. The van der Waals surface area contributed by atoms with Crippen molar-refractivity contribution in [3.8, 4) is 0 Å². The van der Waals surface area contributed by atoms with Gasteiger partial charge in [0, 0.05) is 13.1 Å². The van der Waals surface area contributed by atoms with Crippen LogP contribution in [0.4, 0.5) is 0 Å². The van der Waals surface area contributed by atoms with Crippen LogP contribution in [0.1, 0.15) is 27.2 Å². The third-order valence-corrected chi connectivity index (χ3v) is 4.33. The molecule has 0 bridgehead atoms. The van der Waals surface area contributed by atoms with Crippen LogP contribution in [0.3, 0.4) is 0 Å². The van der Waals surface area contributed by atoms with Crippen molar-refractivity contribution in [2.45, 2.75) is 38.5 Å². The zero-order valence-electron chi connectivity index (χ0n) is 9.99. The summed E-state index contributed by atoms with van der Waals surface area (Å²) >= 11 is 0. The molecule has 0 aromatic heterocycles. The largest absolute Gasteiger partial charge is 0.355 e. The maximum atomic E-state index is 11.7. The van der Waals surface area contributed by atoms with Gasteiger partial charge < -0.3 is 11.1 Å². The first-order chi connectivity index (χ1) is 7.38. The summed E-state index contributed by atoms with van der Waals surface area (Å²) in [5, 5.41) is 1.90. The summed E-state index contributed by atoms with van der Waals surface area (Å²) in [6, 6.07) is -0.773. The Labute approximate surface area is 97.0 Å². The average Bonchev–Trinajstić information content (AvgIpc) is 2.18. The molecule has 0 aliphatic rings. The van der Waals surface area contributed by atoms with Crippen LogP contribution in [0.2, 0.25) is 0 Å². The van der Waals surface area contributed by atoms with Gasteiger partial charge in [0.15, 0.2) is 0 Å². The van der Waals surface area contributed by atoms with Crippen LogP contribution in [0.25, 0.3) is 0 Å². The predicted molar refractivity (Wildman–Crippen MR) is 63.3 cm³/mol. The lowest BCUT2D eigenvalue weighted by molar-refractivity contribution is -0.122. The number of rotatable bonds is 7. The van der Waals surface area contributed by atoms with Gasteiger partial charge in [-0.05, 0) is 20.3 Å². The van der Waals surface area contributed by atoms with Crippen LogP contribution in [-0.4, -0.2) is 38.7 Å². The highest BCUT2D eigenvalue weighted by molar-refractivity contribution is 7.90. The van der Waals surface area contributed by atoms with E-state index in [1.165, 1.54) is 6.92 Å². The number of carbonyl (C=O) groups excluding carboxylic acids is 1. The number of nitrogens with one attached hydrogen (secondary N) is 2. The van der Waals surface area contributed by atoms with E-state index in [0.717, 1.165) is 0 Å². The maximum absolute atomic E-state index is 11.7. The topological polar surface area (TPSA) is 101 Å². The molecule has 0 aliphatic carbocycles. The first kappa shape index (κ1) is 15.3. The van der Waals surface area contributed by atoms with Crippen molar-refractivity contribution < 1.29 is 13.2 Å². The zero-order chi connectivity index (χ0) is 12.8. The van der Waals surface area contributed by atoms with E-state index in [9.17, 15) is 13.2 Å². The number of hydrogen-bond donors (Lipinski definition) is 3. The van der Waals surface area contributed by atoms with E-state index < -0.39 is 21.3 Å². The van der Waals surface area contributed by atoms with Crippen molar-refractivity contribution in [2.75, 3.05) is 13.1 Å². The van der Waals surface area contributed by atoms with Gasteiger partial charge in [-0.2, -0.15) is 0 Å². The minimum atomic E-state index is -3.52. The second-order valence-corrected chi connectivity index (χ2v) is 5.54. The van der Waals surface area contributed by atoms with Gasteiger partial charge in [-0.3, -0.25) is 4.79 Å². The normalized spacial score (nSPS) is 15.5. The van der Waals surface area contributed by atoms with Gasteiger partial charge in [0.2, 0.25) is 15.9 Å². The highest BCUT2D eigenvalue weighted by atomic mass is 32.2. The Kier molecular flexibility index (Phi) is 6.54. The van der Waals surface area contributed by atoms with Crippen molar-refractivity contribution in [1.82, 2.24) is 10.0 Å². The molecule has 0 aromatic carbocycles. The van der Waals surface area contributed by atoms with E-state index in [2.05, 4.69) is 10.0 Å². The summed E-state index contributed by atoms with van der Waals surface area (Å²) in [6.45, 7) is 5.54. The van der Waals surface area contributed by atoms with E-state index in [1.54, 1.807) is 13.8 Å². The highest BCUT2D eigenvalue weighted by Gasteiger charge is 2.26. The van der Waals surface area contributed by atoms with Crippen LogP contribution in [-0.2, 0) is 14.8 Å². The number of nitrogens with two attached hydrogens (primary N) is 1. The molecule has 0 aromatic rings. The fraction of sp³-hybridized carbons (Fsp3) is 0.889. The van der Waals surface area contributed by atoms with Crippen molar-refractivity contribution >= 4 is 15.9 Å². The average molecular weight is 251 g/mol. The molecule has 0 spiro atoms. The summed E-state index contributed by atoms with van der Waals surface area (Å²) in [7, 11) is -3.52. The molecule has 0 radical (unpaired) electrons. The molecule has 16 heavy (non-hydrogen) atoms. The van der Waals surface area contributed by atoms with E-state index in [0.29, 0.717) is 13.0 Å². The van der Waals surface area contributed by atoms with Crippen molar-refractivity contribution in [2.24, 2.45) is 5.73 Å². The lowest BCUT2D eigenvalue weighted by Gasteiger charge is -2.18. The fourth-order valence-electron chi connectivity index (χ4n) is 1.24. The molecule has 0 fully saturated rings. The number of amides is 1. The molecule has 0 aliphatic heterocycles. The summed E-state index contributed by atoms with van der Waals surface area (Å²) in [6.07, 6.45) is 0.425. The molecule has 2 atom stereocenters. The molecule has 6 nitrogen and oxygen atoms in total. The lowest BCUT2D eigenvalue weighted by atomic mass is 10.3. The van der Waals surface area contributed by atoms with E-state index in [1.807, 2.05) is 0 Å². The van der Waals surface area contributed by atoms with E-state index >= 15 is 0 Å². The molecule has 96 valence electrons. The van der Waals surface area contributed by atoms with Gasteiger partial charge in [-0.15, -0.1) is 0 Å². The summed E-state index contributed by atoms with van der Waals surface area (Å²) in [4.78, 5) is 11.4. The van der Waals surface area contributed by atoms with Gasteiger partial charge in [0.25, 0.3) is 0 Å². The SMILES string of the molecule is CCNC(=O)C(C)NS(=O)(=O)C(CC)CN. The zero-order valence-corrected chi connectivity index (χ0v) is 10.8. The molecular weight excluding hydrogens is 230 g/mol. The molecule has 4 N–H and O–H groups in total. The number of carbonyl (C=O) groups is 1. The van der Waals surface area contributed by atoms with Gasteiger partial charge >= 0.3 is 0 Å². The van der Waals surface area contributed by atoms with Gasteiger partial charge in [-0.1, -0.05) is 6.92 Å². The smallest absolute Gasteiger partial charge is 0.237 e. The van der Waals surface area contributed by atoms with Gasteiger partial charge in [0.05, 0.1) is 11.3 Å². The molecule has 0 rings (SSSR count). The second-order valence-electron chi connectivity index (χ2n) is 3.55. The molecular formula is C9H21N3O3S. The number of likely N-dealkylation sites (N-methyl/N-ethyl adjacent to an activating group) is 1. The predicted octanol–water partition coefficient (Wildman–Crippen LogP) is -0.832. The van der Waals surface area contributed by atoms with Crippen LogP contribution in [0.15, 0.2) is 0 Å². The standard InChI is InChI=1S/C9H21N3O3S/c1-4-8(6-10)16(14,15)12-7(3)9(13)11-5-2/h7-8,12H,4-6,10H2,1-3H3,(H,11,13). The monoisotopic (exact) mass is 251 g/mol. The highest BCUT2D eigenvalue weighted by Crippen LogP contribution is 2.03. The van der Waals surface area contributed by atoms with E-state index in [4.69, 9.17) is 5.73 Å². The van der Waals surface area contributed by atoms with Crippen molar-refractivity contribution in [3.05, 3.63) is 0 Å². The summed E-state index contributed by atoms with van der Waals surface area (Å²) in [5.41, 5.74) is 5.36. The molecule has 0 saturated heterocycles. The molecule has 0 heterocycles. The minimum Gasteiger partial charge on any atom is -0.355 e. The first-order valence-corrected chi connectivity index (χ1v) is 6.92.